The number of hydrogen-bond donors (Lipinski definition) is 1. The third kappa shape index (κ3) is 4.63. The van der Waals surface area contributed by atoms with E-state index in [-0.39, 0.29) is 12.2 Å². The van der Waals surface area contributed by atoms with Gasteiger partial charge < -0.3 is 9.47 Å². The smallest absolute Gasteiger partial charge is 0.351 e. The molecule has 9 nitrogen and oxygen atoms in total. The molecule has 176 valence electrons. The van der Waals surface area contributed by atoms with Crippen molar-refractivity contribution in [2.24, 2.45) is 0 Å². The van der Waals surface area contributed by atoms with Crippen LogP contribution in [-0.4, -0.2) is 62.9 Å². The maximum atomic E-state index is 14.1. The van der Waals surface area contributed by atoms with Crippen LogP contribution in [-0.2, 0) is 17.8 Å². The maximum absolute atomic E-state index is 14.1. The van der Waals surface area contributed by atoms with Gasteiger partial charge >= 0.3 is 5.69 Å². The third-order valence-electron chi connectivity index (χ3n) is 5.86. The summed E-state index contributed by atoms with van der Waals surface area (Å²) in [5.74, 6) is 0.591. The molecule has 5 rings (SSSR count). The van der Waals surface area contributed by atoms with E-state index in [0.717, 1.165) is 24.2 Å². The van der Waals surface area contributed by atoms with Crippen molar-refractivity contribution < 1.29 is 13.9 Å². The molecule has 4 aromatic rings. The van der Waals surface area contributed by atoms with Crippen molar-refractivity contribution in [3.8, 4) is 22.6 Å². The van der Waals surface area contributed by atoms with Crippen LogP contribution in [0.2, 0.25) is 0 Å². The normalized spacial score (nSPS) is 14.4. The molecule has 1 fully saturated rings. The van der Waals surface area contributed by atoms with Crippen LogP contribution >= 0.6 is 0 Å². The zero-order chi connectivity index (χ0) is 23.5. The second-order valence-electron chi connectivity index (χ2n) is 8.12. The molecular formula is C24H25FN6O3. The summed E-state index contributed by atoms with van der Waals surface area (Å²) in [6.45, 7) is 3.47. The number of aromatic amines is 1. The fourth-order valence-corrected chi connectivity index (χ4v) is 4.06. The Balaban J connectivity index is 1.51. The van der Waals surface area contributed by atoms with E-state index in [0.29, 0.717) is 42.6 Å². The molecule has 3 heterocycles. The molecule has 2 aromatic heterocycles. The lowest BCUT2D eigenvalue weighted by Crippen LogP contribution is -2.37. The average molecular weight is 465 g/mol. The summed E-state index contributed by atoms with van der Waals surface area (Å²) in [6.07, 6.45) is 3.55. The van der Waals surface area contributed by atoms with Crippen LogP contribution in [0.5, 0.6) is 5.75 Å². The van der Waals surface area contributed by atoms with Gasteiger partial charge in [-0.1, -0.05) is 12.1 Å². The van der Waals surface area contributed by atoms with Crippen molar-refractivity contribution in [1.29, 1.82) is 0 Å². The molecular weight excluding hydrogens is 439 g/mol. The van der Waals surface area contributed by atoms with Gasteiger partial charge in [0.25, 0.3) is 0 Å². The molecule has 34 heavy (non-hydrogen) atoms. The molecule has 0 atom stereocenters. The number of nitrogens with zero attached hydrogens (tertiary/aromatic N) is 5. The lowest BCUT2D eigenvalue weighted by molar-refractivity contribution is 0.0325. The first-order chi connectivity index (χ1) is 16.6. The number of rotatable bonds is 7. The Hall–Kier alpha value is -3.76. The Morgan fingerprint density at radius 2 is 1.88 bits per heavy atom. The van der Waals surface area contributed by atoms with Gasteiger partial charge in [-0.3, -0.25) is 14.6 Å². The monoisotopic (exact) mass is 464 g/mol. The van der Waals surface area contributed by atoms with Gasteiger partial charge in [-0.05, 0) is 35.4 Å². The van der Waals surface area contributed by atoms with Crippen LogP contribution in [0.1, 0.15) is 11.4 Å². The predicted octanol–water partition coefficient (Wildman–Crippen LogP) is 2.45. The molecule has 2 aromatic carbocycles. The van der Waals surface area contributed by atoms with E-state index in [2.05, 4.69) is 20.2 Å². The molecule has 0 amide bonds. The molecule has 10 heteroatoms. The quantitative estimate of drug-likeness (QED) is 0.452. The van der Waals surface area contributed by atoms with Gasteiger partial charge in [0.05, 0.1) is 45.3 Å². The zero-order valence-corrected chi connectivity index (χ0v) is 18.8. The summed E-state index contributed by atoms with van der Waals surface area (Å²) in [5, 5.41) is 11.4. The summed E-state index contributed by atoms with van der Waals surface area (Å²) < 4.78 is 27.7. The Labute approximate surface area is 195 Å². The van der Waals surface area contributed by atoms with E-state index in [9.17, 15) is 9.18 Å². The maximum Gasteiger partial charge on any atom is 0.351 e. The summed E-state index contributed by atoms with van der Waals surface area (Å²) in [6, 6.07) is 12.0. The van der Waals surface area contributed by atoms with E-state index in [1.165, 1.54) is 23.9 Å². The lowest BCUT2D eigenvalue weighted by atomic mass is 10.1. The van der Waals surface area contributed by atoms with Gasteiger partial charge in [0.2, 0.25) is 0 Å². The van der Waals surface area contributed by atoms with Crippen LogP contribution in [0, 0.1) is 5.82 Å². The summed E-state index contributed by atoms with van der Waals surface area (Å²) >= 11 is 0. The van der Waals surface area contributed by atoms with Gasteiger partial charge in [-0.2, -0.15) is 9.78 Å². The average Bonchev–Trinajstić information content (AvgIpc) is 3.49. The number of benzene rings is 2. The Morgan fingerprint density at radius 1 is 1.09 bits per heavy atom. The number of ether oxygens (including phenoxy) is 2. The van der Waals surface area contributed by atoms with Gasteiger partial charge in [-0.25, -0.2) is 9.18 Å². The molecule has 1 N–H and O–H groups in total. The Kier molecular flexibility index (Phi) is 6.24. The fourth-order valence-electron chi connectivity index (χ4n) is 4.06. The topological polar surface area (TPSA) is 90.2 Å². The molecule has 1 saturated heterocycles. The number of methoxy groups -OCH3 is 1. The molecule has 1 aliphatic heterocycles. The minimum absolute atomic E-state index is 0.180. The molecule has 0 radical (unpaired) electrons. The van der Waals surface area contributed by atoms with Crippen LogP contribution in [0.15, 0.2) is 59.7 Å². The fraction of sp³-hybridized carbons (Fsp3) is 0.292. The Morgan fingerprint density at radius 3 is 2.59 bits per heavy atom. The molecule has 1 aliphatic rings. The van der Waals surface area contributed by atoms with Crippen LogP contribution in [0.4, 0.5) is 4.39 Å². The number of halogens is 1. The molecule has 0 unspecified atom stereocenters. The SMILES string of the molecule is COc1cc(F)cc(Cn2c(CN3CCOCC3)nn(-c3ccc(-c4cn[nH]c4)cc3)c2=O)c1. The van der Waals surface area contributed by atoms with Crippen molar-refractivity contribution in [3.63, 3.8) is 0 Å². The summed E-state index contributed by atoms with van der Waals surface area (Å²) in [5.41, 5.74) is 2.92. The van der Waals surface area contributed by atoms with Crippen LogP contribution < -0.4 is 10.4 Å². The summed E-state index contributed by atoms with van der Waals surface area (Å²) in [4.78, 5) is 15.7. The zero-order valence-electron chi connectivity index (χ0n) is 18.8. The molecule has 0 saturated carbocycles. The van der Waals surface area contributed by atoms with Gasteiger partial charge in [0, 0.05) is 30.9 Å². The van der Waals surface area contributed by atoms with Crippen molar-refractivity contribution in [3.05, 3.63) is 82.5 Å². The molecule has 0 spiro atoms. The van der Waals surface area contributed by atoms with E-state index in [1.807, 2.05) is 30.5 Å². The van der Waals surface area contributed by atoms with Gasteiger partial charge in [0.15, 0.2) is 0 Å². The third-order valence-corrected chi connectivity index (χ3v) is 5.86. The lowest BCUT2D eigenvalue weighted by Gasteiger charge is -2.26. The highest BCUT2D eigenvalue weighted by molar-refractivity contribution is 5.62. The number of morpholine rings is 1. The van der Waals surface area contributed by atoms with Gasteiger partial charge in [-0.15, -0.1) is 5.10 Å². The highest BCUT2D eigenvalue weighted by atomic mass is 19.1. The summed E-state index contributed by atoms with van der Waals surface area (Å²) in [7, 11) is 1.49. The van der Waals surface area contributed by atoms with E-state index in [1.54, 1.807) is 16.8 Å². The van der Waals surface area contributed by atoms with E-state index < -0.39 is 5.82 Å². The number of nitrogens with one attached hydrogen (secondary N) is 1. The largest absolute Gasteiger partial charge is 0.497 e. The number of aromatic nitrogens is 5. The van der Waals surface area contributed by atoms with Crippen molar-refractivity contribution >= 4 is 0 Å². The van der Waals surface area contributed by atoms with Crippen molar-refractivity contribution in [2.45, 2.75) is 13.1 Å². The second-order valence-corrected chi connectivity index (χ2v) is 8.12. The molecule has 0 aliphatic carbocycles. The van der Waals surface area contributed by atoms with Crippen LogP contribution in [0.25, 0.3) is 16.8 Å². The minimum atomic E-state index is -0.417. The van der Waals surface area contributed by atoms with Crippen molar-refractivity contribution in [1.82, 2.24) is 29.4 Å². The van der Waals surface area contributed by atoms with E-state index >= 15 is 0 Å². The first-order valence-corrected chi connectivity index (χ1v) is 11.0. The number of H-pyrrole nitrogens is 1. The van der Waals surface area contributed by atoms with Gasteiger partial charge in [0.1, 0.15) is 17.4 Å². The minimum Gasteiger partial charge on any atom is -0.497 e. The second kappa shape index (κ2) is 9.62. The number of hydrogen-bond acceptors (Lipinski definition) is 6. The predicted molar refractivity (Wildman–Crippen MR) is 124 cm³/mol. The van der Waals surface area contributed by atoms with Crippen molar-refractivity contribution in [2.75, 3.05) is 33.4 Å². The Bertz CT molecular complexity index is 1310. The highest BCUT2D eigenvalue weighted by Gasteiger charge is 2.20. The van der Waals surface area contributed by atoms with Crippen LogP contribution in [0.3, 0.4) is 0 Å². The van der Waals surface area contributed by atoms with E-state index in [4.69, 9.17) is 9.47 Å². The first-order valence-electron chi connectivity index (χ1n) is 11.0. The highest BCUT2D eigenvalue weighted by Crippen LogP contribution is 2.20. The molecule has 0 bridgehead atoms. The first kappa shape index (κ1) is 22.1. The standard InChI is InChI=1S/C24H25FN6O3/c1-33-22-11-17(10-20(25)12-22)15-30-23(16-29-6-8-34-9-7-29)28-31(24(30)32)21-4-2-18(3-5-21)19-13-26-27-14-19/h2-5,10-14H,6-9,15-16H2,1H3,(H,26,27).